The van der Waals surface area contributed by atoms with Crippen molar-refractivity contribution >= 4 is 16.0 Å². The smallest absolute Gasteiger partial charge is 0.349 e. The number of nitrogens with zero attached hydrogens (tertiary/aromatic N) is 1. The number of fused-ring (bicyclic) bond motifs is 1. The molecule has 1 unspecified atom stereocenters. The molecule has 2 heterocycles. The van der Waals surface area contributed by atoms with E-state index in [1.54, 1.807) is 4.90 Å². The molecule has 2 aliphatic rings. The first kappa shape index (κ1) is 20.1. The van der Waals surface area contributed by atoms with Gasteiger partial charge in [0.25, 0.3) is 16.0 Å². The Bertz CT molecular complexity index is 841. The topological polar surface area (TPSA) is 84.9 Å². The van der Waals surface area contributed by atoms with Crippen molar-refractivity contribution in [1.29, 1.82) is 0 Å². The summed E-state index contributed by atoms with van der Waals surface area (Å²) in [6.45, 7) is 2.07. The number of hydrogen-bond acceptors (Lipinski definition) is 6. The molecule has 1 aromatic carbocycles. The second-order valence-corrected chi connectivity index (χ2v) is 8.21. The molecular formula is C16H19F3N2O5S. The highest BCUT2D eigenvalue weighted by Crippen LogP contribution is 2.36. The average molecular weight is 408 g/mol. The van der Waals surface area contributed by atoms with Crippen LogP contribution >= 0.6 is 0 Å². The van der Waals surface area contributed by atoms with E-state index in [4.69, 9.17) is 8.92 Å². The number of ether oxygens (including phenoxy) is 1. The zero-order chi connectivity index (χ0) is 19.8. The van der Waals surface area contributed by atoms with Crippen LogP contribution in [-0.4, -0.2) is 51.0 Å². The van der Waals surface area contributed by atoms with Crippen LogP contribution in [0.5, 0.6) is 0 Å². The molecule has 0 bridgehead atoms. The molecule has 0 aliphatic carbocycles. The van der Waals surface area contributed by atoms with Crippen molar-refractivity contribution < 1.29 is 35.3 Å². The summed E-state index contributed by atoms with van der Waals surface area (Å²) >= 11 is 0. The van der Waals surface area contributed by atoms with Crippen LogP contribution in [0.25, 0.3) is 0 Å². The highest BCUT2D eigenvalue weighted by Gasteiger charge is 2.38. The molecule has 1 aromatic rings. The third-order valence-electron chi connectivity index (χ3n) is 4.42. The molecule has 1 amide bonds. The highest BCUT2D eigenvalue weighted by molar-refractivity contribution is 7.86. The summed E-state index contributed by atoms with van der Waals surface area (Å²) in [5.74, 6) is -0.739. The predicted octanol–water partition coefficient (Wildman–Crippen LogP) is 1.47. The lowest BCUT2D eigenvalue weighted by Crippen LogP contribution is -2.44. The van der Waals surface area contributed by atoms with E-state index in [0.717, 1.165) is 6.07 Å². The molecule has 1 atom stereocenters. The zero-order valence-electron chi connectivity index (χ0n) is 14.5. The summed E-state index contributed by atoms with van der Waals surface area (Å²) in [5.41, 5.74) is -0.539. The van der Waals surface area contributed by atoms with Gasteiger partial charge in [-0.3, -0.25) is 9.69 Å². The summed E-state index contributed by atoms with van der Waals surface area (Å²) in [7, 11) is -3.71. The van der Waals surface area contributed by atoms with E-state index >= 15 is 0 Å². The fourth-order valence-corrected chi connectivity index (χ4v) is 3.67. The molecule has 0 aromatic heterocycles. The minimum absolute atomic E-state index is 0.0226. The van der Waals surface area contributed by atoms with Crippen LogP contribution in [0.15, 0.2) is 12.1 Å². The van der Waals surface area contributed by atoms with Crippen LogP contribution in [0.2, 0.25) is 0 Å². The molecule has 1 saturated heterocycles. The first-order valence-electron chi connectivity index (χ1n) is 8.35. The molecule has 3 rings (SSSR count). The number of halogens is 3. The van der Waals surface area contributed by atoms with E-state index in [-0.39, 0.29) is 43.1 Å². The van der Waals surface area contributed by atoms with E-state index in [9.17, 15) is 26.4 Å². The molecule has 0 saturated carbocycles. The van der Waals surface area contributed by atoms with Crippen molar-refractivity contribution in [1.82, 2.24) is 10.2 Å². The Labute approximate surface area is 154 Å². The minimum atomic E-state index is -4.57. The predicted molar refractivity (Wildman–Crippen MR) is 88.2 cm³/mol. The van der Waals surface area contributed by atoms with Gasteiger partial charge in [0.15, 0.2) is 6.29 Å². The molecule has 1 fully saturated rings. The molecule has 11 heteroatoms. The lowest BCUT2D eigenvalue weighted by molar-refractivity contribution is -0.138. The molecule has 0 radical (unpaired) electrons. The third kappa shape index (κ3) is 4.60. The molecule has 150 valence electrons. The number of carbonyl (C=O) groups excluding carboxylic acids is 1. The van der Waals surface area contributed by atoms with Crippen LogP contribution in [0, 0.1) is 0 Å². The Kier molecular flexibility index (Phi) is 5.48. The number of carbonyl (C=O) groups is 1. The average Bonchev–Trinajstić information content (AvgIpc) is 2.94. The van der Waals surface area contributed by atoms with Crippen molar-refractivity contribution in [2.75, 3.05) is 25.4 Å². The highest BCUT2D eigenvalue weighted by atomic mass is 32.2. The van der Waals surface area contributed by atoms with Gasteiger partial charge in [0, 0.05) is 25.2 Å². The van der Waals surface area contributed by atoms with Gasteiger partial charge in [-0.15, -0.1) is 0 Å². The van der Waals surface area contributed by atoms with Gasteiger partial charge in [-0.05, 0) is 30.2 Å². The lowest BCUT2D eigenvalue weighted by atomic mass is 9.98. The van der Waals surface area contributed by atoms with Gasteiger partial charge in [0.05, 0.1) is 24.5 Å². The Hall–Kier alpha value is -1.69. The van der Waals surface area contributed by atoms with Gasteiger partial charge in [-0.2, -0.15) is 21.6 Å². The summed E-state index contributed by atoms with van der Waals surface area (Å²) in [6.07, 6.45) is -5.58. The summed E-state index contributed by atoms with van der Waals surface area (Å²) < 4.78 is 73.4. The summed E-state index contributed by atoms with van der Waals surface area (Å²) in [6, 6.07) is 2.48. The van der Waals surface area contributed by atoms with E-state index in [1.165, 1.54) is 13.0 Å². The number of morpholine rings is 1. The van der Waals surface area contributed by atoms with Gasteiger partial charge in [0.2, 0.25) is 0 Å². The second kappa shape index (κ2) is 7.38. The molecule has 27 heavy (non-hydrogen) atoms. The van der Waals surface area contributed by atoms with Crippen LogP contribution in [0.1, 0.15) is 34.0 Å². The second-order valence-electron chi connectivity index (χ2n) is 6.33. The van der Waals surface area contributed by atoms with Gasteiger partial charge in [0.1, 0.15) is 0 Å². The van der Waals surface area contributed by atoms with Crippen molar-refractivity contribution in [3.63, 3.8) is 0 Å². The normalized spacial score (nSPS) is 21.2. The van der Waals surface area contributed by atoms with Crippen LogP contribution in [-0.2, 0) is 38.3 Å². The molecule has 2 aliphatic heterocycles. The summed E-state index contributed by atoms with van der Waals surface area (Å²) in [4.78, 5) is 13.6. The number of alkyl halides is 3. The molecule has 7 nitrogen and oxygen atoms in total. The Morgan fingerprint density at radius 2 is 2.11 bits per heavy atom. The van der Waals surface area contributed by atoms with E-state index in [2.05, 4.69) is 5.32 Å². The van der Waals surface area contributed by atoms with E-state index in [0.29, 0.717) is 12.1 Å². The fraction of sp³-hybridized carbons (Fsp3) is 0.562. The maximum absolute atomic E-state index is 13.4. The van der Waals surface area contributed by atoms with Crippen molar-refractivity contribution in [2.45, 2.75) is 32.5 Å². The third-order valence-corrected chi connectivity index (χ3v) is 5.63. The lowest BCUT2D eigenvalue weighted by Gasteiger charge is -2.32. The van der Waals surface area contributed by atoms with E-state index in [1.807, 2.05) is 0 Å². The molecule has 1 N–H and O–H groups in total. The van der Waals surface area contributed by atoms with Gasteiger partial charge >= 0.3 is 6.18 Å². The Morgan fingerprint density at radius 1 is 1.37 bits per heavy atom. The van der Waals surface area contributed by atoms with Crippen LogP contribution in [0.3, 0.4) is 0 Å². The van der Waals surface area contributed by atoms with Crippen molar-refractivity contribution in [3.05, 3.63) is 34.4 Å². The number of amides is 1. The largest absolute Gasteiger partial charge is 0.416 e. The van der Waals surface area contributed by atoms with Crippen LogP contribution in [0.4, 0.5) is 13.2 Å². The zero-order valence-corrected chi connectivity index (χ0v) is 15.3. The first-order chi connectivity index (χ1) is 12.6. The first-order valence-corrected chi connectivity index (χ1v) is 9.93. The van der Waals surface area contributed by atoms with Gasteiger partial charge in [-0.25, -0.2) is 4.18 Å². The monoisotopic (exact) mass is 408 g/mol. The maximum atomic E-state index is 13.4. The number of rotatable bonds is 5. The fourth-order valence-electron chi connectivity index (χ4n) is 3.09. The quantitative estimate of drug-likeness (QED) is 0.743. The number of nitrogens with one attached hydrogen (secondary N) is 1. The van der Waals surface area contributed by atoms with Crippen molar-refractivity contribution in [2.24, 2.45) is 0 Å². The Balaban J connectivity index is 1.79. The number of benzene rings is 1. The summed E-state index contributed by atoms with van der Waals surface area (Å²) in [5, 5.41) is 2.41. The van der Waals surface area contributed by atoms with Gasteiger partial charge < -0.3 is 10.1 Å². The minimum Gasteiger partial charge on any atom is -0.349 e. The molecule has 0 spiro atoms. The van der Waals surface area contributed by atoms with E-state index < -0.39 is 34.1 Å². The van der Waals surface area contributed by atoms with Gasteiger partial charge in [-0.1, -0.05) is 0 Å². The van der Waals surface area contributed by atoms with Crippen LogP contribution < -0.4 is 5.32 Å². The molecular weight excluding hydrogens is 389 g/mol. The standard InChI is InChI=1S/C16H19F3N2O5S/c1-2-27(23,24)26-14-9-21(3-4-25-14)8-10-5-11-12(7-20-15(11)22)13(6-10)16(17,18)19/h5-6,14H,2-4,7-9H2,1H3,(H,20,22). The van der Waals surface area contributed by atoms with Crippen molar-refractivity contribution in [3.8, 4) is 0 Å². The Morgan fingerprint density at radius 3 is 2.78 bits per heavy atom. The maximum Gasteiger partial charge on any atom is 0.416 e. The SMILES string of the molecule is CCS(=O)(=O)OC1CN(Cc2cc3c(c(C(F)(F)F)c2)CNC3=O)CCO1. The number of hydrogen-bond donors (Lipinski definition) is 1.